The molecular formula is C18H18ClF3N4O4. The van der Waals surface area contributed by atoms with Gasteiger partial charge in [0.05, 0.1) is 22.7 Å². The SMILES string of the molecule is COc1ccc(C(=O)NCCCn2nc(C(F)(F)F)c(Cl)c2C2CC2)cc1[N+](=O)[O-]. The number of hydrogen-bond donors (Lipinski definition) is 1. The molecule has 0 atom stereocenters. The van der Waals surface area contributed by atoms with Crippen LogP contribution in [0, 0.1) is 10.1 Å². The molecule has 0 aliphatic heterocycles. The molecule has 12 heteroatoms. The molecule has 30 heavy (non-hydrogen) atoms. The standard InChI is InChI=1S/C18H18ClF3N4O4/c1-30-13-6-5-11(9-12(13)26(28)29)17(27)23-7-2-8-25-15(10-3-4-10)14(19)16(24-25)18(20,21)22/h5-6,9-10H,2-4,7-8H2,1H3,(H,23,27). The molecule has 2 aromatic rings. The number of aromatic nitrogens is 2. The van der Waals surface area contributed by atoms with E-state index in [1.807, 2.05) is 0 Å². The van der Waals surface area contributed by atoms with E-state index in [4.69, 9.17) is 16.3 Å². The minimum atomic E-state index is -4.64. The van der Waals surface area contributed by atoms with Gasteiger partial charge in [0.15, 0.2) is 11.4 Å². The quantitative estimate of drug-likeness (QED) is 0.373. The topological polar surface area (TPSA) is 99.3 Å². The van der Waals surface area contributed by atoms with Crippen LogP contribution in [-0.2, 0) is 12.7 Å². The van der Waals surface area contributed by atoms with Crippen LogP contribution in [0.25, 0.3) is 0 Å². The number of carbonyl (C=O) groups excluding carboxylic acids is 1. The second-order valence-electron chi connectivity index (χ2n) is 6.80. The normalized spacial score (nSPS) is 13.9. The summed E-state index contributed by atoms with van der Waals surface area (Å²) in [4.78, 5) is 22.6. The predicted octanol–water partition coefficient (Wildman–Crippen LogP) is 4.17. The number of halogens is 4. The summed E-state index contributed by atoms with van der Waals surface area (Å²) in [7, 11) is 1.28. The lowest BCUT2D eigenvalue weighted by atomic mass is 10.1. The van der Waals surface area contributed by atoms with Gasteiger partial charge >= 0.3 is 11.9 Å². The number of nitro benzene ring substituents is 1. The molecule has 1 aliphatic rings. The maximum absolute atomic E-state index is 13.1. The number of aryl methyl sites for hydroxylation is 1. The second kappa shape index (κ2) is 8.50. The molecule has 1 fully saturated rings. The zero-order chi connectivity index (χ0) is 22.1. The molecule has 3 rings (SSSR count). The first-order valence-electron chi connectivity index (χ1n) is 9.07. The number of methoxy groups -OCH3 is 1. The lowest BCUT2D eigenvalue weighted by Crippen LogP contribution is -2.25. The Morgan fingerprint density at radius 3 is 2.70 bits per heavy atom. The van der Waals surface area contributed by atoms with Gasteiger partial charge in [0.25, 0.3) is 5.91 Å². The fraction of sp³-hybridized carbons (Fsp3) is 0.444. The number of carbonyl (C=O) groups is 1. The van der Waals surface area contributed by atoms with Gasteiger partial charge in [0.2, 0.25) is 0 Å². The summed E-state index contributed by atoms with van der Waals surface area (Å²) in [6.07, 6.45) is -2.81. The van der Waals surface area contributed by atoms with Crippen LogP contribution in [0.4, 0.5) is 18.9 Å². The van der Waals surface area contributed by atoms with Gasteiger partial charge in [-0.15, -0.1) is 0 Å². The molecule has 162 valence electrons. The summed E-state index contributed by atoms with van der Waals surface area (Å²) < 4.78 is 45.4. The van der Waals surface area contributed by atoms with Gasteiger partial charge < -0.3 is 10.1 Å². The van der Waals surface area contributed by atoms with E-state index in [0.717, 1.165) is 18.9 Å². The summed E-state index contributed by atoms with van der Waals surface area (Å²) in [5, 5.41) is 16.9. The van der Waals surface area contributed by atoms with Crippen LogP contribution in [-0.4, -0.2) is 34.3 Å². The van der Waals surface area contributed by atoms with E-state index in [1.165, 1.54) is 23.9 Å². The van der Waals surface area contributed by atoms with E-state index in [0.29, 0.717) is 12.1 Å². The number of amides is 1. The molecule has 1 aromatic heterocycles. The Morgan fingerprint density at radius 1 is 1.43 bits per heavy atom. The Hall–Kier alpha value is -2.82. The number of alkyl halides is 3. The Balaban J connectivity index is 1.62. The molecule has 1 saturated carbocycles. The van der Waals surface area contributed by atoms with E-state index in [1.54, 1.807) is 0 Å². The van der Waals surface area contributed by atoms with Gasteiger partial charge in [-0.3, -0.25) is 19.6 Å². The molecule has 0 radical (unpaired) electrons. The Kier molecular flexibility index (Phi) is 6.20. The number of ether oxygens (including phenoxy) is 1. The molecule has 0 saturated heterocycles. The van der Waals surface area contributed by atoms with Crippen molar-refractivity contribution in [1.29, 1.82) is 0 Å². The Labute approximate surface area is 174 Å². The van der Waals surface area contributed by atoms with E-state index in [-0.39, 0.29) is 41.0 Å². The average molecular weight is 447 g/mol. The van der Waals surface area contributed by atoms with Crippen molar-refractivity contribution in [2.75, 3.05) is 13.7 Å². The lowest BCUT2D eigenvalue weighted by molar-refractivity contribution is -0.385. The molecule has 8 nitrogen and oxygen atoms in total. The highest BCUT2D eigenvalue weighted by Gasteiger charge is 2.41. The number of nitrogens with zero attached hydrogens (tertiary/aromatic N) is 3. The molecule has 1 aliphatic carbocycles. The van der Waals surface area contributed by atoms with Crippen LogP contribution >= 0.6 is 11.6 Å². The largest absolute Gasteiger partial charge is 0.490 e. The molecule has 0 bridgehead atoms. The maximum Gasteiger partial charge on any atom is 0.436 e. The van der Waals surface area contributed by atoms with Crippen LogP contribution in [0.1, 0.15) is 46.9 Å². The molecule has 1 N–H and O–H groups in total. The fourth-order valence-corrected chi connectivity index (χ4v) is 3.45. The average Bonchev–Trinajstić information content (AvgIpc) is 3.46. The third-order valence-electron chi connectivity index (χ3n) is 4.63. The summed E-state index contributed by atoms with van der Waals surface area (Å²) >= 11 is 5.92. The van der Waals surface area contributed by atoms with Crippen molar-refractivity contribution in [3.8, 4) is 5.75 Å². The smallest absolute Gasteiger partial charge is 0.436 e. The number of hydrogen-bond acceptors (Lipinski definition) is 5. The highest BCUT2D eigenvalue weighted by atomic mass is 35.5. The van der Waals surface area contributed by atoms with E-state index >= 15 is 0 Å². The van der Waals surface area contributed by atoms with Gasteiger partial charge in [-0.05, 0) is 31.4 Å². The highest BCUT2D eigenvalue weighted by Crippen LogP contribution is 2.46. The molecule has 0 unspecified atom stereocenters. The number of rotatable bonds is 8. The third kappa shape index (κ3) is 4.66. The molecular weight excluding hydrogens is 429 g/mol. The van der Waals surface area contributed by atoms with Gasteiger partial charge in [-0.1, -0.05) is 11.6 Å². The van der Waals surface area contributed by atoms with Gasteiger partial charge in [-0.25, -0.2) is 0 Å². The van der Waals surface area contributed by atoms with Crippen LogP contribution in [0.15, 0.2) is 18.2 Å². The van der Waals surface area contributed by atoms with E-state index < -0.39 is 22.7 Å². The number of nitro groups is 1. The van der Waals surface area contributed by atoms with Crippen molar-refractivity contribution >= 4 is 23.2 Å². The molecule has 1 amide bonds. The first kappa shape index (κ1) is 21.9. The van der Waals surface area contributed by atoms with Crippen molar-refractivity contribution < 1.29 is 27.6 Å². The Morgan fingerprint density at radius 2 is 2.13 bits per heavy atom. The van der Waals surface area contributed by atoms with Crippen molar-refractivity contribution in [1.82, 2.24) is 15.1 Å². The monoisotopic (exact) mass is 446 g/mol. The predicted molar refractivity (Wildman–Crippen MR) is 101 cm³/mol. The summed E-state index contributed by atoms with van der Waals surface area (Å²) in [6.45, 7) is 0.284. The first-order valence-corrected chi connectivity index (χ1v) is 9.45. The first-order chi connectivity index (χ1) is 14.1. The second-order valence-corrected chi connectivity index (χ2v) is 7.17. The zero-order valence-corrected chi connectivity index (χ0v) is 16.6. The maximum atomic E-state index is 13.1. The zero-order valence-electron chi connectivity index (χ0n) is 15.8. The van der Waals surface area contributed by atoms with Crippen LogP contribution in [0.5, 0.6) is 5.75 Å². The minimum absolute atomic E-state index is 0.0279. The highest BCUT2D eigenvalue weighted by molar-refractivity contribution is 6.32. The summed E-state index contributed by atoms with van der Waals surface area (Å²) in [5.74, 6) is -0.548. The van der Waals surface area contributed by atoms with Crippen molar-refractivity contribution in [2.24, 2.45) is 0 Å². The van der Waals surface area contributed by atoms with E-state index in [2.05, 4.69) is 10.4 Å². The summed E-state index contributed by atoms with van der Waals surface area (Å²) in [6, 6.07) is 3.80. The third-order valence-corrected chi connectivity index (χ3v) is 5.01. The fourth-order valence-electron chi connectivity index (χ4n) is 3.06. The van der Waals surface area contributed by atoms with Crippen LogP contribution in [0.3, 0.4) is 0 Å². The van der Waals surface area contributed by atoms with Gasteiger partial charge in [0.1, 0.15) is 0 Å². The van der Waals surface area contributed by atoms with Crippen LogP contribution < -0.4 is 10.1 Å². The molecule has 1 heterocycles. The molecule has 1 aromatic carbocycles. The van der Waals surface area contributed by atoms with Gasteiger partial charge in [-0.2, -0.15) is 18.3 Å². The lowest BCUT2D eigenvalue weighted by Gasteiger charge is -2.09. The van der Waals surface area contributed by atoms with Crippen molar-refractivity contribution in [2.45, 2.75) is 37.9 Å². The van der Waals surface area contributed by atoms with Crippen molar-refractivity contribution in [3.05, 3.63) is 50.3 Å². The van der Waals surface area contributed by atoms with Gasteiger partial charge in [0, 0.05) is 30.6 Å². The van der Waals surface area contributed by atoms with Crippen LogP contribution in [0.2, 0.25) is 5.02 Å². The number of nitrogens with one attached hydrogen (secondary N) is 1. The van der Waals surface area contributed by atoms with E-state index in [9.17, 15) is 28.1 Å². The minimum Gasteiger partial charge on any atom is -0.490 e. The summed E-state index contributed by atoms with van der Waals surface area (Å²) in [5.41, 5.74) is -0.991. The van der Waals surface area contributed by atoms with Crippen molar-refractivity contribution in [3.63, 3.8) is 0 Å². The molecule has 0 spiro atoms. The Bertz CT molecular complexity index is 973. The number of benzene rings is 1.